The molecule has 1 aromatic rings. The van der Waals surface area contributed by atoms with Crippen LogP contribution in [0.15, 0.2) is 24.3 Å². The molecule has 0 aromatic heterocycles. The fourth-order valence-electron chi connectivity index (χ4n) is 2.25. The molecule has 1 atom stereocenters. The number of halogens is 3. The fourth-order valence-corrected chi connectivity index (χ4v) is 2.25. The van der Waals surface area contributed by atoms with Gasteiger partial charge in [0.25, 0.3) is 0 Å². The Kier molecular flexibility index (Phi) is 6.89. The topological polar surface area (TPSA) is 12.0 Å². The summed E-state index contributed by atoms with van der Waals surface area (Å²) in [5.41, 5.74) is -0.404. The zero-order valence-electron chi connectivity index (χ0n) is 12.3. The number of alkyl halides is 3. The Bertz CT molecular complexity index is 388. The van der Waals surface area contributed by atoms with Crippen LogP contribution in [0.5, 0.6) is 0 Å². The Morgan fingerprint density at radius 3 is 2.35 bits per heavy atom. The van der Waals surface area contributed by atoms with Crippen molar-refractivity contribution in [2.45, 2.75) is 64.6 Å². The maximum atomic E-state index is 12.9. The van der Waals surface area contributed by atoms with Gasteiger partial charge in [0.2, 0.25) is 0 Å². The van der Waals surface area contributed by atoms with E-state index < -0.39 is 11.7 Å². The van der Waals surface area contributed by atoms with Crippen molar-refractivity contribution >= 4 is 5.69 Å². The van der Waals surface area contributed by atoms with Gasteiger partial charge in [-0.1, -0.05) is 51.2 Å². The normalized spacial score (nSPS) is 13.2. The molecule has 114 valence electrons. The van der Waals surface area contributed by atoms with Crippen LogP contribution >= 0.6 is 0 Å². The van der Waals surface area contributed by atoms with Crippen LogP contribution in [-0.4, -0.2) is 6.04 Å². The van der Waals surface area contributed by atoms with Crippen LogP contribution in [0.3, 0.4) is 0 Å². The molecular formula is C16H24F3N. The van der Waals surface area contributed by atoms with Gasteiger partial charge < -0.3 is 5.32 Å². The summed E-state index contributed by atoms with van der Waals surface area (Å²) in [6, 6.07) is 5.72. The number of hydrogen-bond donors (Lipinski definition) is 1. The van der Waals surface area contributed by atoms with Crippen molar-refractivity contribution < 1.29 is 13.2 Å². The summed E-state index contributed by atoms with van der Waals surface area (Å²) in [5.74, 6) is 0. The molecule has 0 saturated heterocycles. The molecule has 1 nitrogen and oxygen atoms in total. The Labute approximate surface area is 119 Å². The van der Waals surface area contributed by atoms with Crippen LogP contribution in [0, 0.1) is 0 Å². The second-order valence-electron chi connectivity index (χ2n) is 5.29. The van der Waals surface area contributed by atoms with Gasteiger partial charge in [-0.05, 0) is 25.5 Å². The molecule has 0 bridgehead atoms. The highest BCUT2D eigenvalue weighted by Crippen LogP contribution is 2.34. The number of para-hydroxylation sites is 1. The summed E-state index contributed by atoms with van der Waals surface area (Å²) in [6.45, 7) is 4.10. The third kappa shape index (κ3) is 5.85. The summed E-state index contributed by atoms with van der Waals surface area (Å²) in [4.78, 5) is 0. The van der Waals surface area contributed by atoms with Crippen LogP contribution in [0.2, 0.25) is 0 Å². The first-order valence-electron chi connectivity index (χ1n) is 7.38. The van der Waals surface area contributed by atoms with Gasteiger partial charge in [0, 0.05) is 11.7 Å². The molecule has 0 aliphatic carbocycles. The van der Waals surface area contributed by atoms with E-state index in [1.54, 1.807) is 6.07 Å². The number of anilines is 1. The van der Waals surface area contributed by atoms with Gasteiger partial charge >= 0.3 is 6.18 Å². The van der Waals surface area contributed by atoms with Gasteiger partial charge in [0.05, 0.1) is 5.56 Å². The van der Waals surface area contributed by atoms with E-state index in [1.165, 1.54) is 31.4 Å². The SMILES string of the molecule is CCCCCCCC(C)Nc1ccccc1C(F)(F)F. The van der Waals surface area contributed by atoms with Crippen LogP contribution in [0.25, 0.3) is 0 Å². The molecule has 0 saturated carbocycles. The van der Waals surface area contributed by atoms with Gasteiger partial charge in [-0.3, -0.25) is 0 Å². The summed E-state index contributed by atoms with van der Waals surface area (Å²) < 4.78 is 38.6. The molecule has 1 rings (SSSR count). The van der Waals surface area contributed by atoms with Gasteiger partial charge in [-0.25, -0.2) is 0 Å². The van der Waals surface area contributed by atoms with Crippen molar-refractivity contribution in [2.75, 3.05) is 5.32 Å². The molecule has 0 heterocycles. The van der Waals surface area contributed by atoms with E-state index in [0.29, 0.717) is 0 Å². The fraction of sp³-hybridized carbons (Fsp3) is 0.625. The van der Waals surface area contributed by atoms with Crippen molar-refractivity contribution in [3.8, 4) is 0 Å². The lowest BCUT2D eigenvalue weighted by Crippen LogP contribution is -2.18. The molecule has 1 unspecified atom stereocenters. The molecule has 0 fully saturated rings. The Morgan fingerprint density at radius 2 is 1.70 bits per heavy atom. The first-order chi connectivity index (χ1) is 9.45. The predicted octanol–water partition coefficient (Wildman–Crippen LogP) is 5.87. The Morgan fingerprint density at radius 1 is 1.05 bits per heavy atom. The van der Waals surface area contributed by atoms with Crippen LogP contribution < -0.4 is 5.32 Å². The highest BCUT2D eigenvalue weighted by molar-refractivity contribution is 5.53. The monoisotopic (exact) mass is 287 g/mol. The molecule has 4 heteroatoms. The molecule has 0 aliphatic heterocycles. The molecular weight excluding hydrogens is 263 g/mol. The second-order valence-corrected chi connectivity index (χ2v) is 5.29. The molecule has 0 aliphatic rings. The molecule has 1 N–H and O–H groups in total. The quantitative estimate of drug-likeness (QED) is 0.590. The van der Waals surface area contributed by atoms with E-state index in [0.717, 1.165) is 25.3 Å². The van der Waals surface area contributed by atoms with E-state index in [4.69, 9.17) is 0 Å². The van der Waals surface area contributed by atoms with Crippen LogP contribution in [-0.2, 0) is 6.18 Å². The first kappa shape index (κ1) is 16.9. The van der Waals surface area contributed by atoms with Crippen molar-refractivity contribution in [1.82, 2.24) is 0 Å². The molecule has 0 spiro atoms. The maximum Gasteiger partial charge on any atom is 0.418 e. The molecule has 20 heavy (non-hydrogen) atoms. The number of rotatable bonds is 8. The number of unbranched alkanes of at least 4 members (excludes halogenated alkanes) is 4. The minimum atomic E-state index is -4.30. The maximum absolute atomic E-state index is 12.9. The zero-order valence-corrected chi connectivity index (χ0v) is 12.3. The minimum absolute atomic E-state index is 0.0557. The Balaban J connectivity index is 2.48. The summed E-state index contributed by atoms with van der Waals surface area (Å²) in [6.07, 6.45) is 2.46. The van der Waals surface area contributed by atoms with E-state index >= 15 is 0 Å². The number of benzene rings is 1. The predicted molar refractivity (Wildman–Crippen MR) is 77.9 cm³/mol. The van der Waals surface area contributed by atoms with Gasteiger partial charge in [0.15, 0.2) is 0 Å². The van der Waals surface area contributed by atoms with Crippen molar-refractivity contribution in [3.63, 3.8) is 0 Å². The summed E-state index contributed by atoms with van der Waals surface area (Å²) in [7, 11) is 0. The highest BCUT2D eigenvalue weighted by atomic mass is 19.4. The van der Waals surface area contributed by atoms with Gasteiger partial charge in [0.1, 0.15) is 0 Å². The van der Waals surface area contributed by atoms with E-state index in [-0.39, 0.29) is 11.7 Å². The summed E-state index contributed by atoms with van der Waals surface area (Å²) in [5, 5.41) is 2.99. The van der Waals surface area contributed by atoms with Gasteiger partial charge in [-0.15, -0.1) is 0 Å². The Hall–Kier alpha value is -1.19. The largest absolute Gasteiger partial charge is 0.418 e. The third-order valence-corrected chi connectivity index (χ3v) is 3.38. The van der Waals surface area contributed by atoms with Gasteiger partial charge in [-0.2, -0.15) is 13.2 Å². The van der Waals surface area contributed by atoms with Crippen LogP contribution in [0.1, 0.15) is 57.9 Å². The average Bonchev–Trinajstić information content (AvgIpc) is 2.38. The minimum Gasteiger partial charge on any atom is -0.382 e. The van der Waals surface area contributed by atoms with E-state index in [2.05, 4.69) is 12.2 Å². The zero-order chi connectivity index (χ0) is 15.0. The molecule has 0 amide bonds. The lowest BCUT2D eigenvalue weighted by Gasteiger charge is -2.19. The van der Waals surface area contributed by atoms with E-state index in [9.17, 15) is 13.2 Å². The lowest BCUT2D eigenvalue weighted by molar-refractivity contribution is -0.137. The smallest absolute Gasteiger partial charge is 0.382 e. The van der Waals surface area contributed by atoms with Crippen LogP contribution in [0.4, 0.5) is 18.9 Å². The number of nitrogens with one attached hydrogen (secondary N) is 1. The van der Waals surface area contributed by atoms with E-state index in [1.807, 2.05) is 6.92 Å². The summed E-state index contributed by atoms with van der Waals surface area (Å²) >= 11 is 0. The number of hydrogen-bond acceptors (Lipinski definition) is 1. The van der Waals surface area contributed by atoms with Crippen molar-refractivity contribution in [3.05, 3.63) is 29.8 Å². The second kappa shape index (κ2) is 8.18. The van der Waals surface area contributed by atoms with Crippen molar-refractivity contribution in [1.29, 1.82) is 0 Å². The standard InChI is InChI=1S/C16H24F3N/c1-3-4-5-6-7-10-13(2)20-15-12-9-8-11-14(15)16(17,18)19/h8-9,11-13,20H,3-7,10H2,1-2H3. The average molecular weight is 287 g/mol. The van der Waals surface area contributed by atoms with Crippen molar-refractivity contribution in [2.24, 2.45) is 0 Å². The lowest BCUT2D eigenvalue weighted by atomic mass is 10.1. The molecule has 0 radical (unpaired) electrons. The highest BCUT2D eigenvalue weighted by Gasteiger charge is 2.33. The molecule has 1 aromatic carbocycles. The third-order valence-electron chi connectivity index (χ3n) is 3.38. The first-order valence-corrected chi connectivity index (χ1v) is 7.38.